The number of ketones is 1. The van der Waals surface area contributed by atoms with Gasteiger partial charge in [-0.05, 0) is 32.2 Å². The van der Waals surface area contributed by atoms with Crippen LogP contribution < -0.4 is 10.6 Å². The fourth-order valence-corrected chi connectivity index (χ4v) is 6.36. The molecule has 0 aliphatic heterocycles. The summed E-state index contributed by atoms with van der Waals surface area (Å²) < 4.78 is 2.66. The lowest BCUT2D eigenvalue weighted by Gasteiger charge is -2.24. The van der Waals surface area contributed by atoms with Crippen LogP contribution >= 0.6 is 0 Å². The molecule has 0 aliphatic rings. The number of amides is 4. The smallest absolute Gasteiger partial charge is 0.326 e. The van der Waals surface area contributed by atoms with E-state index >= 15 is 0 Å². The molecular formula is C38H51N9O20. The number of aliphatic carboxylic acids is 8. The summed E-state index contributed by atoms with van der Waals surface area (Å²) in [7, 11) is 0. The zero-order chi connectivity index (χ0) is 50.4. The fraction of sp³-hybridized carbons (Fsp3) is 0.526. The molecule has 2 heterocycles. The van der Waals surface area contributed by atoms with Crippen LogP contribution in [0.5, 0.6) is 0 Å². The van der Waals surface area contributed by atoms with Crippen molar-refractivity contribution in [3.05, 3.63) is 36.4 Å². The Bertz CT molecular complexity index is 2010. The summed E-state index contributed by atoms with van der Waals surface area (Å²) in [5, 5.41) is 78.3. The number of nitrogens with zero attached hydrogens (tertiary/aromatic N) is 7. The number of hydrogen-bond acceptors (Lipinski definition) is 15. The Balaban J connectivity index is 2.22. The lowest BCUT2D eigenvalue weighted by Crippen LogP contribution is -2.51. The maximum Gasteiger partial charge on any atom is 0.326 e. The Hall–Kier alpha value is -7.98. The maximum atomic E-state index is 13.0. The average molecular weight is 954 g/mol. The van der Waals surface area contributed by atoms with E-state index in [0.29, 0.717) is 9.80 Å². The molecule has 10 N–H and O–H groups in total. The van der Waals surface area contributed by atoms with Crippen molar-refractivity contribution < 1.29 is 98.4 Å². The quantitative estimate of drug-likeness (QED) is 0.0332. The molecule has 3 atom stereocenters. The number of carbonyl (C=O) groups excluding carboxylic acids is 4. The van der Waals surface area contributed by atoms with Gasteiger partial charge in [0.25, 0.3) is 0 Å². The summed E-state index contributed by atoms with van der Waals surface area (Å²) in [6, 6.07) is -4.64. The molecule has 368 valence electrons. The number of rotatable bonds is 34. The van der Waals surface area contributed by atoms with Crippen molar-refractivity contribution in [1.29, 1.82) is 0 Å². The van der Waals surface area contributed by atoms with Crippen LogP contribution in [0.2, 0.25) is 0 Å². The summed E-state index contributed by atoms with van der Waals surface area (Å²) in [6.07, 6.45) is 3.05. The number of unbranched alkanes of at least 4 members (excludes halogenated alkanes) is 1. The van der Waals surface area contributed by atoms with E-state index in [0.717, 1.165) is 0 Å². The first-order valence-electron chi connectivity index (χ1n) is 20.1. The summed E-state index contributed by atoms with van der Waals surface area (Å²) in [5.74, 6) is -15.0. The van der Waals surface area contributed by atoms with Crippen molar-refractivity contribution in [2.24, 2.45) is 5.92 Å². The lowest BCUT2D eigenvalue weighted by atomic mass is 9.94. The van der Waals surface area contributed by atoms with E-state index in [2.05, 4.69) is 9.97 Å². The molecule has 67 heavy (non-hydrogen) atoms. The Morgan fingerprint density at radius 3 is 1.33 bits per heavy atom. The molecule has 2 aromatic heterocycles. The van der Waals surface area contributed by atoms with Gasteiger partial charge in [-0.3, -0.25) is 48.1 Å². The number of carboxylic acids is 8. The van der Waals surface area contributed by atoms with E-state index in [9.17, 15) is 93.3 Å². The third-order valence-corrected chi connectivity index (χ3v) is 9.62. The molecule has 2 rings (SSSR count). The van der Waals surface area contributed by atoms with Gasteiger partial charge in [0.1, 0.15) is 68.8 Å². The summed E-state index contributed by atoms with van der Waals surface area (Å²) in [6.45, 7) is -4.72. The van der Waals surface area contributed by atoms with Gasteiger partial charge in [0.15, 0.2) is 0 Å². The second-order valence-corrected chi connectivity index (χ2v) is 14.9. The second-order valence-electron chi connectivity index (χ2n) is 14.9. The molecule has 0 fully saturated rings. The minimum Gasteiger partial charge on any atom is -0.481 e. The number of carboxylic acid groups (broad SMARTS) is 8. The number of nitrogens with one attached hydrogen (secondary N) is 2. The molecule has 0 unspecified atom stereocenters. The zero-order valence-electron chi connectivity index (χ0n) is 35.7. The van der Waals surface area contributed by atoms with E-state index in [-0.39, 0.29) is 50.5 Å². The van der Waals surface area contributed by atoms with Crippen molar-refractivity contribution in [2.45, 2.75) is 89.6 Å². The van der Waals surface area contributed by atoms with E-state index in [4.69, 9.17) is 5.11 Å². The molecule has 0 aromatic carbocycles. The van der Waals surface area contributed by atoms with Gasteiger partial charge < -0.3 is 70.4 Å². The number of aromatic nitrogens is 4. The Kier molecular flexibility index (Phi) is 22.5. The highest BCUT2D eigenvalue weighted by molar-refractivity contribution is 5.88. The van der Waals surface area contributed by atoms with Crippen LogP contribution in [0.15, 0.2) is 24.8 Å². The van der Waals surface area contributed by atoms with Crippen LogP contribution in [0.1, 0.15) is 63.0 Å². The molecule has 4 amide bonds. The maximum absolute atomic E-state index is 13.0. The highest BCUT2D eigenvalue weighted by Gasteiger charge is 2.28. The van der Waals surface area contributed by atoms with Gasteiger partial charge in [-0.25, -0.2) is 24.4 Å². The molecule has 0 saturated carbocycles. The predicted octanol–water partition coefficient (Wildman–Crippen LogP) is -2.24. The summed E-state index contributed by atoms with van der Waals surface area (Å²) >= 11 is 0. The first kappa shape index (κ1) is 55.2. The molecule has 29 heteroatoms. The average Bonchev–Trinajstić information content (AvgIpc) is 3.85. The summed E-state index contributed by atoms with van der Waals surface area (Å²) in [4.78, 5) is 154. The predicted molar refractivity (Wildman–Crippen MR) is 217 cm³/mol. The third kappa shape index (κ3) is 21.0. The van der Waals surface area contributed by atoms with Crippen molar-refractivity contribution in [3.8, 4) is 0 Å². The van der Waals surface area contributed by atoms with Gasteiger partial charge in [-0.15, -0.1) is 0 Å². The van der Waals surface area contributed by atoms with Gasteiger partial charge in [-0.2, -0.15) is 0 Å². The zero-order valence-corrected chi connectivity index (χ0v) is 35.7. The van der Waals surface area contributed by atoms with Crippen molar-refractivity contribution in [3.63, 3.8) is 0 Å². The van der Waals surface area contributed by atoms with E-state index in [1.54, 1.807) is 4.90 Å². The molecule has 0 spiro atoms. The minimum atomic E-state index is -1.71. The van der Waals surface area contributed by atoms with Crippen LogP contribution in [0, 0.1) is 5.92 Å². The Morgan fingerprint density at radius 1 is 0.537 bits per heavy atom. The molecular weight excluding hydrogens is 902 g/mol. The molecule has 29 nitrogen and oxygen atoms in total. The highest BCUT2D eigenvalue weighted by atomic mass is 16.4. The fourth-order valence-electron chi connectivity index (χ4n) is 6.36. The van der Waals surface area contributed by atoms with Gasteiger partial charge in [-0.1, -0.05) is 6.42 Å². The number of hydrogen-bond donors (Lipinski definition) is 10. The Labute approximate surface area is 378 Å². The largest absolute Gasteiger partial charge is 0.481 e. The van der Waals surface area contributed by atoms with Crippen molar-refractivity contribution >= 4 is 71.4 Å². The van der Waals surface area contributed by atoms with Gasteiger partial charge in [0, 0.05) is 44.0 Å². The SMILES string of the molecule is O=C(O)CC[C@H](NC(=O)N[C@@H](CCC(=O)C[C@@H](CCCCN(Cc1nccn1CC(=O)N(CC(=O)O)CC(=O)O)Cc1nccn1CC(=O)N(CC(=O)O)CC(=O)O)C(=O)O)C(=O)O)C(=O)O. The third-order valence-electron chi connectivity index (χ3n) is 9.62. The molecule has 0 aliphatic carbocycles. The lowest BCUT2D eigenvalue weighted by molar-refractivity contribution is -0.150. The standard InChI is InChI=1S/C38H51N9O20/c48-23(4-5-24(36(63)64)41-38(67)42-25(37(65)66)6-7-30(51)52)13-22(35(61)62)3-1-2-10-43(14-26-39-8-11-44(26)16-28(49)46(18-31(53)54)19-32(55)56)15-27-40-9-12-45(27)17-29(50)47(20-33(57)58)21-34(59)60/h8-9,11-12,22,24-25H,1-7,10,13-21H2,(H,51,52)(H,53,54)(H,55,56)(H,57,58)(H,59,60)(H,61,62)(H,63,64)(H,65,66)(H2,41,42,67)/t22-,24+,25+/m1/s1. The normalized spacial score (nSPS) is 12.3. The molecule has 2 aromatic rings. The Morgan fingerprint density at radius 2 is 0.955 bits per heavy atom. The minimum absolute atomic E-state index is 0.0664. The molecule has 0 saturated heterocycles. The van der Waals surface area contributed by atoms with E-state index in [1.807, 2.05) is 10.6 Å². The molecule has 0 radical (unpaired) electrons. The van der Waals surface area contributed by atoms with Crippen LogP contribution in [0.3, 0.4) is 0 Å². The van der Waals surface area contributed by atoms with E-state index in [1.165, 1.54) is 33.9 Å². The van der Waals surface area contributed by atoms with Gasteiger partial charge in [0.2, 0.25) is 11.8 Å². The first-order chi connectivity index (χ1) is 31.4. The van der Waals surface area contributed by atoms with Crippen molar-refractivity contribution in [1.82, 2.24) is 44.4 Å². The first-order valence-corrected chi connectivity index (χ1v) is 20.1. The van der Waals surface area contributed by atoms with Crippen LogP contribution in [-0.2, 0) is 78.9 Å². The van der Waals surface area contributed by atoms with Crippen LogP contribution in [0.25, 0.3) is 0 Å². The van der Waals surface area contributed by atoms with Gasteiger partial charge >= 0.3 is 53.8 Å². The second kappa shape index (κ2) is 27.4. The number of Topliss-reactive ketones (excluding diaryl/α,β-unsaturated/α-hetero) is 1. The van der Waals surface area contributed by atoms with Crippen LogP contribution in [0.4, 0.5) is 4.79 Å². The number of urea groups is 1. The van der Waals surface area contributed by atoms with Gasteiger partial charge in [0.05, 0.1) is 19.0 Å². The van der Waals surface area contributed by atoms with Crippen molar-refractivity contribution in [2.75, 3.05) is 32.7 Å². The highest BCUT2D eigenvalue weighted by Crippen LogP contribution is 2.18. The number of imidazole rings is 2. The monoisotopic (exact) mass is 953 g/mol. The molecule has 0 bridgehead atoms. The number of carbonyl (C=O) groups is 12. The van der Waals surface area contributed by atoms with Crippen LogP contribution in [-0.4, -0.2) is 191 Å². The van der Waals surface area contributed by atoms with E-state index < -0.39 is 161 Å². The summed E-state index contributed by atoms with van der Waals surface area (Å²) in [5.41, 5.74) is 0. The topological polar surface area (TPSA) is 436 Å².